The number of benzene rings is 3. The van der Waals surface area contributed by atoms with Crippen LogP contribution in [-0.4, -0.2) is 50.5 Å². The van der Waals surface area contributed by atoms with Crippen LogP contribution >= 0.6 is 23.2 Å². The van der Waals surface area contributed by atoms with Gasteiger partial charge < -0.3 is 10.2 Å². The molecule has 0 aliphatic rings. The minimum Gasteiger partial charge on any atom is -0.355 e. The lowest BCUT2D eigenvalue weighted by molar-refractivity contribution is -0.140. The molecule has 0 aliphatic heterocycles. The van der Waals surface area contributed by atoms with Gasteiger partial charge in [0.05, 0.1) is 22.0 Å². The summed E-state index contributed by atoms with van der Waals surface area (Å²) in [6, 6.07) is 20.7. The van der Waals surface area contributed by atoms with Crippen molar-refractivity contribution in [1.29, 1.82) is 0 Å². The normalized spacial score (nSPS) is 12.0. The van der Waals surface area contributed by atoms with Crippen LogP contribution in [0.2, 0.25) is 10.0 Å². The maximum atomic E-state index is 13.9. The van der Waals surface area contributed by atoms with Gasteiger partial charge in [0.15, 0.2) is 0 Å². The van der Waals surface area contributed by atoms with Gasteiger partial charge in [-0.05, 0) is 37.1 Å². The second-order valence-electron chi connectivity index (χ2n) is 8.95. The van der Waals surface area contributed by atoms with E-state index in [9.17, 15) is 18.0 Å². The van der Waals surface area contributed by atoms with E-state index in [2.05, 4.69) is 5.32 Å². The lowest BCUT2D eigenvalue weighted by Gasteiger charge is -2.33. The number of nitrogens with zero attached hydrogens (tertiary/aromatic N) is 2. The highest BCUT2D eigenvalue weighted by atomic mass is 35.5. The molecule has 202 valence electrons. The number of anilines is 1. The molecule has 0 unspecified atom stereocenters. The number of hydrogen-bond donors (Lipinski definition) is 1. The van der Waals surface area contributed by atoms with E-state index in [0.29, 0.717) is 6.54 Å². The number of hydrogen-bond acceptors (Lipinski definition) is 4. The molecule has 0 saturated heterocycles. The highest BCUT2D eigenvalue weighted by Crippen LogP contribution is 2.33. The molecule has 10 heteroatoms. The molecule has 38 heavy (non-hydrogen) atoms. The van der Waals surface area contributed by atoms with E-state index in [0.717, 1.165) is 27.3 Å². The molecule has 3 rings (SSSR count). The Labute approximate surface area is 234 Å². The summed E-state index contributed by atoms with van der Waals surface area (Å²) in [5, 5.41) is 3.00. The quantitative estimate of drug-likeness (QED) is 0.354. The first-order valence-corrected chi connectivity index (χ1v) is 14.7. The van der Waals surface area contributed by atoms with E-state index >= 15 is 0 Å². The van der Waals surface area contributed by atoms with Crippen molar-refractivity contribution in [1.82, 2.24) is 10.2 Å². The van der Waals surface area contributed by atoms with Gasteiger partial charge >= 0.3 is 0 Å². The molecule has 0 aliphatic carbocycles. The number of amides is 2. The monoisotopic (exact) mass is 575 g/mol. The molecule has 2 amide bonds. The number of rotatable bonds is 11. The Hall–Kier alpha value is -3.07. The number of likely N-dealkylation sites (N-methyl/N-ethyl adjacent to an activating group) is 1. The standard InChI is InChI=1S/C28H31Cl2N3O4S/c1-4-31-28(35)25(17-21-9-6-5-7-10-21)32(18-22-15-13-20(2)14-16-22)26(34)19-33(38(3,36)37)24-12-8-11-23(29)27(24)30/h5-16,25H,4,17-19H2,1-3H3,(H,31,35)/t25-/m1/s1. The molecular weight excluding hydrogens is 545 g/mol. The van der Waals surface area contributed by atoms with E-state index < -0.39 is 28.5 Å². The molecule has 0 aromatic heterocycles. The molecule has 0 saturated carbocycles. The van der Waals surface area contributed by atoms with Crippen LogP contribution in [0, 0.1) is 6.92 Å². The molecule has 3 aromatic carbocycles. The highest BCUT2D eigenvalue weighted by Gasteiger charge is 2.33. The number of halogens is 2. The van der Waals surface area contributed by atoms with Crippen LogP contribution in [0.25, 0.3) is 0 Å². The largest absolute Gasteiger partial charge is 0.355 e. The van der Waals surface area contributed by atoms with Crippen molar-refractivity contribution in [2.24, 2.45) is 0 Å². The van der Waals surface area contributed by atoms with Crippen LogP contribution < -0.4 is 9.62 Å². The summed E-state index contributed by atoms with van der Waals surface area (Å²) < 4.78 is 26.6. The van der Waals surface area contributed by atoms with Gasteiger partial charge in [0.2, 0.25) is 21.8 Å². The third-order valence-electron chi connectivity index (χ3n) is 5.97. The molecular formula is C28H31Cl2N3O4S. The fourth-order valence-corrected chi connectivity index (χ4v) is 5.32. The van der Waals surface area contributed by atoms with E-state index in [1.165, 1.54) is 17.0 Å². The zero-order valence-corrected chi connectivity index (χ0v) is 23.9. The first-order chi connectivity index (χ1) is 18.0. The second kappa shape index (κ2) is 13.1. The molecule has 0 heterocycles. The van der Waals surface area contributed by atoms with Gasteiger partial charge in [-0.2, -0.15) is 0 Å². The summed E-state index contributed by atoms with van der Waals surface area (Å²) in [6.07, 6.45) is 1.24. The van der Waals surface area contributed by atoms with Crippen LogP contribution in [0.1, 0.15) is 23.6 Å². The predicted molar refractivity (Wildman–Crippen MR) is 153 cm³/mol. The third-order valence-corrected chi connectivity index (χ3v) is 7.91. The fourth-order valence-electron chi connectivity index (χ4n) is 4.02. The Kier molecular flexibility index (Phi) is 10.2. The van der Waals surface area contributed by atoms with Gasteiger partial charge in [0.25, 0.3) is 0 Å². The van der Waals surface area contributed by atoms with Crippen molar-refractivity contribution in [3.05, 3.63) is 99.5 Å². The summed E-state index contributed by atoms with van der Waals surface area (Å²) >= 11 is 12.5. The van der Waals surface area contributed by atoms with E-state index in [1.807, 2.05) is 61.5 Å². The maximum Gasteiger partial charge on any atom is 0.244 e. The highest BCUT2D eigenvalue weighted by molar-refractivity contribution is 7.92. The van der Waals surface area contributed by atoms with Crippen molar-refractivity contribution in [3.63, 3.8) is 0 Å². The zero-order chi connectivity index (χ0) is 27.9. The number of sulfonamides is 1. The van der Waals surface area contributed by atoms with Crippen LogP contribution in [0.4, 0.5) is 5.69 Å². The number of carbonyl (C=O) groups is 2. The molecule has 0 spiro atoms. The summed E-state index contributed by atoms with van der Waals surface area (Å²) in [7, 11) is -3.94. The Morgan fingerprint density at radius 2 is 1.58 bits per heavy atom. The summed E-state index contributed by atoms with van der Waals surface area (Å²) in [5.74, 6) is -0.886. The number of aryl methyl sites for hydroxylation is 1. The molecule has 0 fully saturated rings. The van der Waals surface area contributed by atoms with E-state index in [1.54, 1.807) is 13.0 Å². The van der Waals surface area contributed by atoms with Crippen molar-refractivity contribution in [3.8, 4) is 0 Å². The van der Waals surface area contributed by atoms with E-state index in [4.69, 9.17) is 23.2 Å². The SMILES string of the molecule is CCNC(=O)[C@@H](Cc1ccccc1)N(Cc1ccc(C)cc1)C(=O)CN(c1cccc(Cl)c1Cl)S(C)(=O)=O. The Balaban J connectivity index is 2.06. The molecule has 1 atom stereocenters. The van der Waals surface area contributed by atoms with Crippen LogP contribution in [0.15, 0.2) is 72.8 Å². The average molecular weight is 577 g/mol. The minimum atomic E-state index is -3.94. The zero-order valence-electron chi connectivity index (χ0n) is 21.5. The van der Waals surface area contributed by atoms with Gasteiger partial charge in [-0.1, -0.05) is 89.4 Å². The summed E-state index contributed by atoms with van der Waals surface area (Å²) in [5.41, 5.74) is 2.80. The smallest absolute Gasteiger partial charge is 0.244 e. The van der Waals surface area contributed by atoms with Crippen LogP contribution in [0.5, 0.6) is 0 Å². The second-order valence-corrected chi connectivity index (χ2v) is 11.6. The van der Waals surface area contributed by atoms with Crippen molar-refractivity contribution in [2.75, 3.05) is 23.7 Å². The van der Waals surface area contributed by atoms with Crippen LogP contribution in [0.3, 0.4) is 0 Å². The first kappa shape index (κ1) is 29.5. The molecule has 7 nitrogen and oxygen atoms in total. The topological polar surface area (TPSA) is 86.8 Å². The lowest BCUT2D eigenvalue weighted by atomic mass is 10.0. The fraction of sp³-hybridized carbons (Fsp3) is 0.286. The minimum absolute atomic E-state index is 0.0158. The van der Waals surface area contributed by atoms with Crippen molar-refractivity contribution < 1.29 is 18.0 Å². The van der Waals surface area contributed by atoms with Crippen molar-refractivity contribution in [2.45, 2.75) is 32.9 Å². The number of nitrogens with one attached hydrogen (secondary N) is 1. The predicted octanol–water partition coefficient (Wildman–Crippen LogP) is 4.84. The van der Waals surface area contributed by atoms with Gasteiger partial charge in [0.1, 0.15) is 12.6 Å². The van der Waals surface area contributed by atoms with Crippen molar-refractivity contribution >= 4 is 50.7 Å². The summed E-state index contributed by atoms with van der Waals surface area (Å²) in [4.78, 5) is 28.7. The number of carbonyl (C=O) groups excluding carboxylic acids is 2. The molecule has 0 radical (unpaired) electrons. The van der Waals surface area contributed by atoms with Gasteiger partial charge in [-0.25, -0.2) is 8.42 Å². The lowest BCUT2D eigenvalue weighted by Crippen LogP contribution is -2.53. The van der Waals surface area contributed by atoms with Gasteiger partial charge in [0, 0.05) is 19.5 Å². The molecule has 0 bridgehead atoms. The average Bonchev–Trinajstić information content (AvgIpc) is 2.87. The van der Waals surface area contributed by atoms with Gasteiger partial charge in [-0.15, -0.1) is 0 Å². The Morgan fingerprint density at radius 3 is 2.18 bits per heavy atom. The van der Waals surface area contributed by atoms with E-state index in [-0.39, 0.29) is 34.6 Å². The molecule has 3 aromatic rings. The third kappa shape index (κ3) is 7.72. The Morgan fingerprint density at radius 1 is 0.921 bits per heavy atom. The summed E-state index contributed by atoms with van der Waals surface area (Å²) in [6.45, 7) is 3.68. The first-order valence-electron chi connectivity index (χ1n) is 12.1. The maximum absolute atomic E-state index is 13.9. The van der Waals surface area contributed by atoms with Crippen LogP contribution in [-0.2, 0) is 32.6 Å². The Bertz CT molecular complexity index is 1370. The van der Waals surface area contributed by atoms with Gasteiger partial charge in [-0.3, -0.25) is 13.9 Å². The molecule has 1 N–H and O–H groups in total.